The van der Waals surface area contributed by atoms with Gasteiger partial charge in [0, 0.05) is 34.4 Å². The van der Waals surface area contributed by atoms with Gasteiger partial charge in [0.1, 0.15) is 5.75 Å². The number of hydrogen-bond acceptors (Lipinski definition) is 5. The van der Waals surface area contributed by atoms with E-state index in [4.69, 9.17) is 9.84 Å². The van der Waals surface area contributed by atoms with Gasteiger partial charge in [0.25, 0.3) is 0 Å². The van der Waals surface area contributed by atoms with Crippen molar-refractivity contribution in [3.8, 4) is 5.75 Å². The number of halogens is 1. The summed E-state index contributed by atoms with van der Waals surface area (Å²) in [6.07, 6.45) is 4.25. The highest BCUT2D eigenvalue weighted by Crippen LogP contribution is 2.48. The van der Waals surface area contributed by atoms with E-state index in [9.17, 15) is 0 Å². The maximum atomic E-state index is 6.31. The lowest BCUT2D eigenvalue weighted by atomic mass is 9.98. The highest BCUT2D eigenvalue weighted by molar-refractivity contribution is 9.10. The monoisotopic (exact) mass is 411 g/mol. The Kier molecular flexibility index (Phi) is 3.60. The van der Waals surface area contributed by atoms with Crippen molar-refractivity contribution < 1.29 is 4.74 Å². The Morgan fingerprint density at radius 2 is 2.16 bits per heavy atom. The first-order chi connectivity index (χ1) is 12.3. The molecule has 0 unspecified atom stereocenters. The summed E-state index contributed by atoms with van der Waals surface area (Å²) in [7, 11) is 0. The van der Waals surface area contributed by atoms with Crippen molar-refractivity contribution in [2.75, 3.05) is 0 Å². The van der Waals surface area contributed by atoms with Crippen LogP contribution in [0.3, 0.4) is 0 Å². The third-order valence-electron chi connectivity index (χ3n) is 4.53. The van der Waals surface area contributed by atoms with Crippen molar-refractivity contribution in [2.45, 2.75) is 18.7 Å². The molecule has 0 aliphatic carbocycles. The molecule has 2 atom stereocenters. The second-order valence-corrected chi connectivity index (χ2v) is 7.93. The van der Waals surface area contributed by atoms with E-state index in [1.165, 1.54) is 10.4 Å². The van der Waals surface area contributed by atoms with Gasteiger partial charge in [0.15, 0.2) is 0 Å². The Morgan fingerprint density at radius 1 is 1.20 bits per heavy atom. The maximum absolute atomic E-state index is 6.31. The minimum Gasteiger partial charge on any atom is -0.464 e. The normalized spacial score (nSPS) is 21.3. The molecular formula is C19H14BrN3OS. The second kappa shape index (κ2) is 5.97. The molecular weight excluding hydrogens is 398 g/mol. The van der Waals surface area contributed by atoms with E-state index in [1.54, 1.807) is 17.5 Å². The summed E-state index contributed by atoms with van der Waals surface area (Å²) in [5.74, 6) is 0.918. The van der Waals surface area contributed by atoms with Crippen LogP contribution in [0.4, 0.5) is 0 Å². The minimum atomic E-state index is -0.259. The van der Waals surface area contributed by atoms with Crippen LogP contribution in [0.1, 0.15) is 34.7 Å². The molecule has 2 aromatic heterocycles. The van der Waals surface area contributed by atoms with E-state index in [1.807, 2.05) is 30.5 Å². The molecule has 0 radical (unpaired) electrons. The Balaban J connectivity index is 1.62. The molecule has 0 N–H and O–H groups in total. The summed E-state index contributed by atoms with van der Waals surface area (Å²) in [5.41, 5.74) is 3.30. The molecule has 4 heterocycles. The van der Waals surface area contributed by atoms with Crippen LogP contribution in [0.2, 0.25) is 0 Å². The lowest BCUT2D eigenvalue weighted by Gasteiger charge is -2.38. The quantitative estimate of drug-likeness (QED) is 0.585. The summed E-state index contributed by atoms with van der Waals surface area (Å²) in [6, 6.07) is 14.5. The number of fused-ring (bicyclic) bond motifs is 3. The number of hydrazone groups is 1. The van der Waals surface area contributed by atoms with Crippen molar-refractivity contribution in [2.24, 2.45) is 5.10 Å². The molecule has 6 heteroatoms. The van der Waals surface area contributed by atoms with E-state index in [0.717, 1.165) is 27.9 Å². The lowest BCUT2D eigenvalue weighted by molar-refractivity contribution is -0.0192. The molecule has 0 amide bonds. The Morgan fingerprint density at radius 3 is 2.96 bits per heavy atom. The zero-order valence-electron chi connectivity index (χ0n) is 13.2. The highest BCUT2D eigenvalue weighted by atomic mass is 79.9. The Labute approximate surface area is 157 Å². The molecule has 25 heavy (non-hydrogen) atoms. The zero-order chi connectivity index (χ0) is 16.8. The first-order valence-electron chi connectivity index (χ1n) is 8.05. The fourth-order valence-electron chi connectivity index (χ4n) is 3.39. The van der Waals surface area contributed by atoms with Gasteiger partial charge in [-0.2, -0.15) is 5.10 Å². The van der Waals surface area contributed by atoms with E-state index in [2.05, 4.69) is 49.5 Å². The van der Waals surface area contributed by atoms with Gasteiger partial charge in [-0.15, -0.1) is 11.3 Å². The van der Waals surface area contributed by atoms with Crippen molar-refractivity contribution in [1.29, 1.82) is 0 Å². The number of ether oxygens (including phenoxy) is 1. The summed E-state index contributed by atoms with van der Waals surface area (Å²) in [6.45, 7) is 0. The number of nitrogens with zero attached hydrogens (tertiary/aromatic N) is 3. The van der Waals surface area contributed by atoms with E-state index >= 15 is 0 Å². The summed E-state index contributed by atoms with van der Waals surface area (Å²) in [4.78, 5) is 5.47. The van der Waals surface area contributed by atoms with Crippen LogP contribution < -0.4 is 4.74 Å². The lowest BCUT2D eigenvalue weighted by Crippen LogP contribution is -2.33. The second-order valence-electron chi connectivity index (χ2n) is 6.06. The number of rotatable bonds is 2. The fraction of sp³-hybridized carbons (Fsp3) is 0.158. The van der Waals surface area contributed by atoms with E-state index in [-0.39, 0.29) is 12.3 Å². The van der Waals surface area contributed by atoms with Crippen molar-refractivity contribution in [1.82, 2.24) is 9.99 Å². The number of thiophene rings is 1. The molecule has 2 aliphatic rings. The van der Waals surface area contributed by atoms with E-state index < -0.39 is 0 Å². The Bertz CT molecular complexity index is 943. The molecule has 1 aromatic carbocycles. The van der Waals surface area contributed by atoms with Gasteiger partial charge in [-0.05, 0) is 35.7 Å². The summed E-state index contributed by atoms with van der Waals surface area (Å²) >= 11 is 5.31. The van der Waals surface area contributed by atoms with Crippen LogP contribution in [0.25, 0.3) is 0 Å². The van der Waals surface area contributed by atoms with Crippen molar-refractivity contribution in [3.63, 3.8) is 0 Å². The van der Waals surface area contributed by atoms with Crippen molar-refractivity contribution in [3.05, 3.63) is 80.7 Å². The smallest absolute Gasteiger partial charge is 0.215 e. The standard InChI is InChI=1S/C19H14BrN3OS/c20-13-5-6-17-14(9-13)16-10-15(18-4-2-8-25-18)22-23(16)19(24-17)12-3-1-7-21-11-12/h1-9,11,16,19H,10H2/t16-,19+/m0/s1. The predicted octanol–water partition coefficient (Wildman–Crippen LogP) is 5.15. The third-order valence-corrected chi connectivity index (χ3v) is 5.94. The van der Waals surface area contributed by atoms with Gasteiger partial charge < -0.3 is 4.74 Å². The van der Waals surface area contributed by atoms with Gasteiger partial charge in [-0.25, -0.2) is 5.01 Å². The van der Waals surface area contributed by atoms with Crippen LogP contribution in [-0.2, 0) is 0 Å². The van der Waals surface area contributed by atoms with Crippen LogP contribution in [-0.4, -0.2) is 15.7 Å². The topological polar surface area (TPSA) is 37.7 Å². The zero-order valence-corrected chi connectivity index (χ0v) is 15.6. The number of pyridine rings is 1. The van der Waals surface area contributed by atoms with Gasteiger partial charge in [-0.1, -0.05) is 28.1 Å². The first-order valence-corrected chi connectivity index (χ1v) is 9.72. The SMILES string of the molecule is Brc1ccc2c(c1)[C@@H]1CC(c3cccs3)=NN1[C@@H](c1cccnc1)O2. The molecule has 4 nitrogen and oxygen atoms in total. The van der Waals surface area contributed by atoms with Gasteiger partial charge in [-0.3, -0.25) is 4.98 Å². The summed E-state index contributed by atoms with van der Waals surface area (Å²) in [5, 5.41) is 9.11. The molecule has 0 bridgehead atoms. The molecule has 124 valence electrons. The van der Waals surface area contributed by atoms with Crippen molar-refractivity contribution >= 4 is 33.0 Å². The first kappa shape index (κ1) is 15.1. The summed E-state index contributed by atoms with van der Waals surface area (Å²) < 4.78 is 7.37. The molecule has 5 rings (SSSR count). The minimum absolute atomic E-state index is 0.170. The van der Waals surface area contributed by atoms with E-state index in [0.29, 0.717) is 0 Å². The third kappa shape index (κ3) is 2.56. The molecule has 0 saturated heterocycles. The van der Waals surface area contributed by atoms with Crippen LogP contribution in [0.15, 0.2) is 69.8 Å². The van der Waals surface area contributed by atoms with Gasteiger partial charge in [0.2, 0.25) is 6.23 Å². The number of aromatic nitrogens is 1. The largest absolute Gasteiger partial charge is 0.464 e. The van der Waals surface area contributed by atoms with Gasteiger partial charge >= 0.3 is 0 Å². The van der Waals surface area contributed by atoms with Crippen LogP contribution in [0.5, 0.6) is 5.75 Å². The maximum Gasteiger partial charge on any atom is 0.215 e. The molecule has 3 aromatic rings. The molecule has 0 fully saturated rings. The molecule has 0 spiro atoms. The average Bonchev–Trinajstić information content (AvgIpc) is 3.31. The average molecular weight is 412 g/mol. The molecule has 0 saturated carbocycles. The van der Waals surface area contributed by atoms with Crippen LogP contribution in [0, 0.1) is 0 Å². The highest BCUT2D eigenvalue weighted by Gasteiger charge is 2.41. The Hall–Kier alpha value is -2.18. The number of benzene rings is 1. The molecule has 2 aliphatic heterocycles. The van der Waals surface area contributed by atoms with Crippen LogP contribution >= 0.6 is 27.3 Å². The number of hydrogen-bond donors (Lipinski definition) is 0. The predicted molar refractivity (Wildman–Crippen MR) is 102 cm³/mol. The fourth-order valence-corrected chi connectivity index (χ4v) is 4.49. The van der Waals surface area contributed by atoms with Gasteiger partial charge in [0.05, 0.1) is 16.6 Å².